The molecule has 0 bridgehead atoms. The normalized spacial score (nSPS) is 11.1. The summed E-state index contributed by atoms with van der Waals surface area (Å²) in [6.07, 6.45) is 0. The number of rotatable bonds is 7. The van der Waals surface area contributed by atoms with Crippen molar-refractivity contribution < 1.29 is 0 Å². The number of fused-ring (bicyclic) bond motifs is 6. The van der Waals surface area contributed by atoms with E-state index in [1.54, 1.807) is 12.1 Å². The summed E-state index contributed by atoms with van der Waals surface area (Å²) in [5.74, 6) is 0.384. The Kier molecular flexibility index (Phi) is 9.86. The van der Waals surface area contributed by atoms with Gasteiger partial charge in [0.2, 0.25) is 0 Å². The molecular formula is C62H34N8. The van der Waals surface area contributed by atoms with Gasteiger partial charge >= 0.3 is 0 Å². The second kappa shape index (κ2) is 16.8. The molecule has 0 atom stereocenters. The van der Waals surface area contributed by atoms with E-state index in [0.717, 1.165) is 66.5 Å². The van der Waals surface area contributed by atoms with Crippen LogP contribution < -0.4 is 0 Å². The molecule has 0 amide bonds. The van der Waals surface area contributed by atoms with Crippen molar-refractivity contribution in [3.05, 3.63) is 252 Å². The molecule has 0 fully saturated rings. The number of para-hydroxylation sites is 5. The van der Waals surface area contributed by atoms with Crippen molar-refractivity contribution in [2.24, 2.45) is 0 Å². The zero-order valence-corrected chi connectivity index (χ0v) is 37.2. The zero-order valence-electron chi connectivity index (χ0n) is 37.2. The fraction of sp³-hybridized carbons (Fsp3) is 0. The van der Waals surface area contributed by atoms with E-state index < -0.39 is 0 Å². The molecule has 70 heavy (non-hydrogen) atoms. The number of nitrogens with zero attached hydrogens (tertiary/aromatic N) is 8. The summed E-state index contributed by atoms with van der Waals surface area (Å²) >= 11 is 0. The standard InChI is InChI=1S/C62H34N8/c1-63-51-20-10-5-18-48(51)54-38-53(67-62(68-54)49-19-6-11-21-52(49)64-2)40-27-25-39(26-28-40)42-35-55(65-3)61(56(36-42)66-4)41-29-31-43(32-30-41)69-59-24-14-9-17-47(59)50-37-44(33-34-60(50)69)70-57-22-12-7-15-45(57)46-16-8-13-23-58(46)70/h5-38H. The first-order valence-electron chi connectivity index (χ1n) is 22.5. The Morgan fingerprint density at radius 3 is 1.36 bits per heavy atom. The van der Waals surface area contributed by atoms with Crippen LogP contribution in [0.1, 0.15) is 0 Å². The first-order valence-corrected chi connectivity index (χ1v) is 22.5. The lowest BCUT2D eigenvalue weighted by Gasteiger charge is -2.14. The average molecular weight is 891 g/mol. The molecule has 0 aliphatic rings. The lowest BCUT2D eigenvalue weighted by atomic mass is 9.95. The number of benzene rings is 9. The third kappa shape index (κ3) is 6.73. The van der Waals surface area contributed by atoms with Gasteiger partial charge in [0.1, 0.15) is 5.82 Å². The van der Waals surface area contributed by atoms with Crippen molar-refractivity contribution in [3.8, 4) is 67.5 Å². The second-order valence-electron chi connectivity index (χ2n) is 16.9. The number of hydrogen-bond donors (Lipinski definition) is 0. The summed E-state index contributed by atoms with van der Waals surface area (Å²) in [6.45, 7) is 32.2. The topological polar surface area (TPSA) is 53.1 Å². The largest absolute Gasteiger partial charge is 0.309 e. The van der Waals surface area contributed by atoms with Crippen LogP contribution in [-0.2, 0) is 0 Å². The Hall–Kier alpha value is -10.4. The van der Waals surface area contributed by atoms with Gasteiger partial charge in [-0.3, -0.25) is 0 Å². The van der Waals surface area contributed by atoms with Gasteiger partial charge < -0.3 is 9.13 Å². The minimum atomic E-state index is 0.384. The molecule has 322 valence electrons. The van der Waals surface area contributed by atoms with Crippen LogP contribution in [0.5, 0.6) is 0 Å². The Balaban J connectivity index is 0.894. The summed E-state index contributed by atoms with van der Waals surface area (Å²) < 4.78 is 4.63. The predicted octanol–water partition coefficient (Wildman–Crippen LogP) is 17.2. The molecule has 0 N–H and O–H groups in total. The van der Waals surface area contributed by atoms with E-state index in [1.165, 1.54) is 10.8 Å². The number of hydrogen-bond acceptors (Lipinski definition) is 2. The van der Waals surface area contributed by atoms with Gasteiger partial charge in [0.15, 0.2) is 22.7 Å². The Labute approximate surface area is 403 Å². The Bertz CT molecular complexity index is 4120. The second-order valence-corrected chi connectivity index (χ2v) is 16.9. The lowest BCUT2D eigenvalue weighted by molar-refractivity contribution is 1.17. The molecule has 0 saturated heterocycles. The molecule has 8 heteroatoms. The highest BCUT2D eigenvalue weighted by Crippen LogP contribution is 2.44. The maximum atomic E-state index is 8.31. The van der Waals surface area contributed by atoms with Crippen molar-refractivity contribution in [2.75, 3.05) is 0 Å². The molecule has 3 heterocycles. The third-order valence-corrected chi connectivity index (χ3v) is 13.1. The summed E-state index contributed by atoms with van der Waals surface area (Å²) in [7, 11) is 0. The predicted molar refractivity (Wildman–Crippen MR) is 283 cm³/mol. The summed E-state index contributed by atoms with van der Waals surface area (Å²) in [6, 6.07) is 68.4. The van der Waals surface area contributed by atoms with Crippen LogP contribution in [0.25, 0.3) is 131 Å². The van der Waals surface area contributed by atoms with E-state index in [2.05, 4.69) is 132 Å². The van der Waals surface area contributed by atoms with Gasteiger partial charge in [-0.1, -0.05) is 152 Å². The zero-order chi connectivity index (χ0) is 47.3. The van der Waals surface area contributed by atoms with Gasteiger partial charge in [0.25, 0.3) is 0 Å². The molecule has 0 radical (unpaired) electrons. The minimum Gasteiger partial charge on any atom is -0.309 e. The highest BCUT2D eigenvalue weighted by Gasteiger charge is 2.20. The van der Waals surface area contributed by atoms with Gasteiger partial charge in [-0.2, -0.15) is 0 Å². The molecule has 0 spiro atoms. The summed E-state index contributed by atoms with van der Waals surface area (Å²) in [5, 5.41) is 4.73. The Morgan fingerprint density at radius 1 is 0.314 bits per heavy atom. The van der Waals surface area contributed by atoms with Gasteiger partial charge in [-0.05, 0) is 76.9 Å². The Morgan fingerprint density at radius 2 is 0.757 bits per heavy atom. The summed E-state index contributed by atoms with van der Waals surface area (Å²) in [4.78, 5) is 25.2. The fourth-order valence-corrected chi connectivity index (χ4v) is 9.84. The first-order chi connectivity index (χ1) is 34.5. The smallest absolute Gasteiger partial charge is 0.198 e. The molecule has 0 aliphatic heterocycles. The van der Waals surface area contributed by atoms with Crippen LogP contribution in [0, 0.1) is 26.3 Å². The molecule has 0 saturated carbocycles. The highest BCUT2D eigenvalue weighted by atomic mass is 15.0. The van der Waals surface area contributed by atoms with E-state index in [9.17, 15) is 0 Å². The summed E-state index contributed by atoms with van der Waals surface area (Å²) in [5.41, 5.74) is 14.4. The van der Waals surface area contributed by atoms with Crippen LogP contribution in [0.15, 0.2) is 206 Å². The van der Waals surface area contributed by atoms with Gasteiger partial charge in [-0.25, -0.2) is 29.3 Å². The van der Waals surface area contributed by atoms with E-state index in [4.69, 9.17) is 36.3 Å². The molecule has 12 rings (SSSR count). The van der Waals surface area contributed by atoms with Gasteiger partial charge in [0.05, 0.1) is 59.7 Å². The number of aromatic nitrogens is 4. The van der Waals surface area contributed by atoms with Gasteiger partial charge in [0, 0.05) is 49.6 Å². The third-order valence-electron chi connectivity index (χ3n) is 13.1. The van der Waals surface area contributed by atoms with Crippen molar-refractivity contribution in [1.29, 1.82) is 0 Å². The van der Waals surface area contributed by atoms with Gasteiger partial charge in [-0.15, -0.1) is 0 Å². The molecule has 0 unspecified atom stereocenters. The van der Waals surface area contributed by atoms with Crippen molar-refractivity contribution in [2.45, 2.75) is 0 Å². The van der Waals surface area contributed by atoms with Crippen LogP contribution in [0.4, 0.5) is 22.7 Å². The lowest BCUT2D eigenvalue weighted by Crippen LogP contribution is -1.96. The fourth-order valence-electron chi connectivity index (χ4n) is 9.84. The van der Waals surface area contributed by atoms with Crippen LogP contribution in [-0.4, -0.2) is 19.1 Å². The van der Waals surface area contributed by atoms with E-state index >= 15 is 0 Å². The minimum absolute atomic E-state index is 0.384. The van der Waals surface area contributed by atoms with Crippen molar-refractivity contribution in [1.82, 2.24) is 19.1 Å². The first kappa shape index (κ1) is 41.1. The van der Waals surface area contributed by atoms with Crippen LogP contribution in [0.3, 0.4) is 0 Å². The SMILES string of the molecule is [C-]#[N+]c1ccccc1-c1cc(-c2ccc(-c3cc([N+]#[C-])c(-c4ccc(-n5c6ccccc6c6cc(-n7c8ccccc8c8ccccc87)ccc65)cc4)c([N+]#[C-])c3)cc2)nc(-c2ccccc2[N+]#[C-])n1. The van der Waals surface area contributed by atoms with Crippen molar-refractivity contribution in [3.63, 3.8) is 0 Å². The maximum absolute atomic E-state index is 8.31. The van der Waals surface area contributed by atoms with Crippen LogP contribution in [0.2, 0.25) is 0 Å². The monoisotopic (exact) mass is 890 g/mol. The van der Waals surface area contributed by atoms with E-state index in [0.29, 0.717) is 56.7 Å². The van der Waals surface area contributed by atoms with E-state index in [-0.39, 0.29) is 0 Å². The highest BCUT2D eigenvalue weighted by molar-refractivity contribution is 6.12. The molecule has 0 aliphatic carbocycles. The molecule has 12 aromatic rings. The van der Waals surface area contributed by atoms with Crippen molar-refractivity contribution >= 4 is 66.4 Å². The van der Waals surface area contributed by atoms with Crippen LogP contribution >= 0.6 is 0 Å². The average Bonchev–Trinajstić information content (AvgIpc) is 3.95. The molecule has 8 nitrogen and oxygen atoms in total. The van der Waals surface area contributed by atoms with E-state index in [1.807, 2.05) is 91.0 Å². The molecule has 3 aromatic heterocycles. The molecular weight excluding hydrogens is 857 g/mol. The quantitative estimate of drug-likeness (QED) is 0.150. The maximum Gasteiger partial charge on any atom is 0.198 e. The molecule has 9 aromatic carbocycles.